The summed E-state index contributed by atoms with van der Waals surface area (Å²) in [6.07, 6.45) is 2.59. The second-order valence-corrected chi connectivity index (χ2v) is 7.12. The minimum absolute atomic E-state index is 0.0262. The molecular formula is C19H22N2O2S. The van der Waals surface area contributed by atoms with Crippen LogP contribution in [0.4, 0.5) is 0 Å². The van der Waals surface area contributed by atoms with Gasteiger partial charge in [0.05, 0.1) is 5.75 Å². The molecule has 5 heteroatoms. The summed E-state index contributed by atoms with van der Waals surface area (Å²) in [6.45, 7) is 0.713. The number of fused-ring (bicyclic) bond motifs is 1. The first-order valence-electron chi connectivity index (χ1n) is 8.13. The van der Waals surface area contributed by atoms with Crippen molar-refractivity contribution in [3.63, 3.8) is 0 Å². The van der Waals surface area contributed by atoms with Gasteiger partial charge < -0.3 is 10.0 Å². The first kappa shape index (κ1) is 16.8. The van der Waals surface area contributed by atoms with Gasteiger partial charge in [-0.3, -0.25) is 9.79 Å². The van der Waals surface area contributed by atoms with Crippen LogP contribution in [0.15, 0.2) is 41.4 Å². The Kier molecular flexibility index (Phi) is 5.09. The van der Waals surface area contributed by atoms with Gasteiger partial charge in [-0.1, -0.05) is 48.2 Å². The lowest BCUT2D eigenvalue weighted by molar-refractivity contribution is -0.133. The Bertz CT molecular complexity index is 784. The summed E-state index contributed by atoms with van der Waals surface area (Å²) in [5.41, 5.74) is 2.70. The van der Waals surface area contributed by atoms with E-state index in [4.69, 9.17) is 5.11 Å². The van der Waals surface area contributed by atoms with Crippen molar-refractivity contribution in [2.24, 2.45) is 4.99 Å². The lowest BCUT2D eigenvalue weighted by Crippen LogP contribution is -2.25. The molecule has 0 amide bonds. The summed E-state index contributed by atoms with van der Waals surface area (Å²) < 4.78 is 0. The molecule has 1 saturated carbocycles. The maximum Gasteiger partial charge on any atom is 0.313 e. The molecule has 0 saturated heterocycles. The third-order valence-electron chi connectivity index (χ3n) is 4.32. The molecule has 2 aromatic rings. The number of amidine groups is 1. The van der Waals surface area contributed by atoms with Crippen molar-refractivity contribution in [2.75, 3.05) is 19.8 Å². The van der Waals surface area contributed by atoms with E-state index in [1.54, 1.807) is 7.05 Å². The van der Waals surface area contributed by atoms with Gasteiger partial charge in [0.1, 0.15) is 0 Å². The van der Waals surface area contributed by atoms with E-state index >= 15 is 0 Å². The van der Waals surface area contributed by atoms with Crippen LogP contribution in [-0.4, -0.2) is 41.0 Å². The average molecular weight is 342 g/mol. The zero-order valence-electron chi connectivity index (χ0n) is 14.0. The predicted octanol–water partition coefficient (Wildman–Crippen LogP) is 3.95. The Labute approximate surface area is 146 Å². The lowest BCUT2D eigenvalue weighted by atomic mass is 9.97. The van der Waals surface area contributed by atoms with Gasteiger partial charge in [0.25, 0.3) is 0 Å². The van der Waals surface area contributed by atoms with E-state index in [1.165, 1.54) is 46.5 Å². The van der Waals surface area contributed by atoms with Crippen molar-refractivity contribution in [3.8, 4) is 0 Å². The second kappa shape index (κ2) is 7.26. The first-order chi connectivity index (χ1) is 11.6. The number of carboxylic acids is 1. The van der Waals surface area contributed by atoms with E-state index in [1.807, 2.05) is 11.9 Å². The van der Waals surface area contributed by atoms with Gasteiger partial charge in [0, 0.05) is 20.6 Å². The quantitative estimate of drug-likeness (QED) is 0.660. The van der Waals surface area contributed by atoms with E-state index in [2.05, 4.69) is 41.4 Å². The summed E-state index contributed by atoms with van der Waals surface area (Å²) in [7, 11) is 3.66. The van der Waals surface area contributed by atoms with Gasteiger partial charge >= 0.3 is 5.97 Å². The Hall–Kier alpha value is -2.01. The van der Waals surface area contributed by atoms with Crippen LogP contribution < -0.4 is 0 Å². The Balaban J connectivity index is 1.84. The number of hydrogen-bond acceptors (Lipinski definition) is 3. The minimum atomic E-state index is -0.825. The molecule has 24 heavy (non-hydrogen) atoms. The summed E-state index contributed by atoms with van der Waals surface area (Å²) in [6, 6.07) is 13.0. The highest BCUT2D eigenvalue weighted by Gasteiger charge is 2.25. The van der Waals surface area contributed by atoms with Crippen molar-refractivity contribution in [1.29, 1.82) is 0 Å². The van der Waals surface area contributed by atoms with Crippen molar-refractivity contribution >= 4 is 33.7 Å². The first-order valence-corrected chi connectivity index (χ1v) is 9.11. The molecule has 0 unspecified atom stereocenters. The highest BCUT2D eigenvalue weighted by molar-refractivity contribution is 8.14. The number of carboxylic acid groups (broad SMARTS) is 1. The molecular weight excluding hydrogens is 320 g/mol. The van der Waals surface area contributed by atoms with Crippen LogP contribution in [-0.2, 0) is 11.3 Å². The molecule has 1 fully saturated rings. The Morgan fingerprint density at radius 3 is 2.58 bits per heavy atom. The molecule has 1 N–H and O–H groups in total. The van der Waals surface area contributed by atoms with E-state index in [9.17, 15) is 4.79 Å². The van der Waals surface area contributed by atoms with Crippen LogP contribution in [0, 0.1) is 0 Å². The Morgan fingerprint density at radius 1 is 1.25 bits per heavy atom. The molecule has 1 aliphatic rings. The van der Waals surface area contributed by atoms with Gasteiger partial charge in [-0.15, -0.1) is 0 Å². The monoisotopic (exact) mass is 342 g/mol. The van der Waals surface area contributed by atoms with Gasteiger partial charge in [0.15, 0.2) is 5.17 Å². The van der Waals surface area contributed by atoms with Gasteiger partial charge in [-0.2, -0.15) is 0 Å². The van der Waals surface area contributed by atoms with Gasteiger partial charge in [-0.25, -0.2) is 0 Å². The number of aliphatic imine (C=N–C) groups is 1. The summed E-state index contributed by atoms with van der Waals surface area (Å²) in [5, 5.41) is 12.2. The molecule has 2 aromatic carbocycles. The van der Waals surface area contributed by atoms with E-state index in [-0.39, 0.29) is 5.75 Å². The van der Waals surface area contributed by atoms with Crippen LogP contribution in [0.2, 0.25) is 0 Å². The molecule has 0 aromatic heterocycles. The molecule has 0 radical (unpaired) electrons. The number of thioether (sulfide) groups is 1. The molecule has 0 bridgehead atoms. The molecule has 0 heterocycles. The number of aliphatic carboxylic acids is 1. The molecule has 0 aliphatic heterocycles. The number of nitrogens with zero attached hydrogens (tertiary/aromatic N) is 2. The van der Waals surface area contributed by atoms with Crippen molar-refractivity contribution in [1.82, 2.24) is 4.90 Å². The third-order valence-corrected chi connectivity index (χ3v) is 5.46. The summed E-state index contributed by atoms with van der Waals surface area (Å²) >= 11 is 1.26. The third kappa shape index (κ3) is 3.73. The van der Waals surface area contributed by atoms with E-state index < -0.39 is 5.97 Å². The Morgan fingerprint density at radius 2 is 1.96 bits per heavy atom. The highest BCUT2D eigenvalue weighted by Crippen LogP contribution is 2.43. The second-order valence-electron chi connectivity index (χ2n) is 6.18. The number of rotatable bonds is 5. The van der Waals surface area contributed by atoms with E-state index in [0.717, 1.165) is 11.1 Å². The predicted molar refractivity (Wildman–Crippen MR) is 101 cm³/mol. The van der Waals surface area contributed by atoms with Crippen LogP contribution in [0.3, 0.4) is 0 Å². The maximum atomic E-state index is 10.8. The summed E-state index contributed by atoms with van der Waals surface area (Å²) in [4.78, 5) is 17.0. The standard InChI is InChI=1S/C19H22N2O2S/c1-20-19(24-12-18(22)23)21(2)11-14-9-10-16(13-7-8-13)17-6-4-3-5-15(14)17/h3-6,9-10,13H,7-8,11-12H2,1-2H3,(H,22,23). The number of carbonyl (C=O) groups is 1. The van der Waals surface area contributed by atoms with Crippen LogP contribution in [0.5, 0.6) is 0 Å². The zero-order chi connectivity index (χ0) is 17.1. The van der Waals surface area contributed by atoms with Gasteiger partial charge in [0.2, 0.25) is 0 Å². The molecule has 0 atom stereocenters. The number of benzene rings is 2. The minimum Gasteiger partial charge on any atom is -0.481 e. The molecule has 126 valence electrons. The average Bonchev–Trinajstić information content (AvgIpc) is 3.40. The van der Waals surface area contributed by atoms with Crippen LogP contribution in [0.25, 0.3) is 10.8 Å². The fourth-order valence-corrected chi connectivity index (χ4v) is 3.73. The molecule has 0 spiro atoms. The van der Waals surface area contributed by atoms with Crippen molar-refractivity contribution < 1.29 is 9.90 Å². The fourth-order valence-electron chi connectivity index (χ4n) is 3.07. The van der Waals surface area contributed by atoms with Crippen molar-refractivity contribution in [3.05, 3.63) is 47.5 Å². The zero-order valence-corrected chi connectivity index (χ0v) is 14.8. The fraction of sp³-hybridized carbons (Fsp3) is 0.368. The van der Waals surface area contributed by atoms with Gasteiger partial charge in [-0.05, 0) is 40.7 Å². The summed E-state index contributed by atoms with van der Waals surface area (Å²) in [5.74, 6) is -0.0763. The smallest absolute Gasteiger partial charge is 0.313 e. The van der Waals surface area contributed by atoms with Crippen molar-refractivity contribution in [2.45, 2.75) is 25.3 Å². The molecule has 4 nitrogen and oxygen atoms in total. The largest absolute Gasteiger partial charge is 0.481 e. The topological polar surface area (TPSA) is 52.9 Å². The lowest BCUT2D eigenvalue weighted by Gasteiger charge is -2.21. The molecule has 1 aliphatic carbocycles. The number of hydrogen-bond donors (Lipinski definition) is 1. The van der Waals surface area contributed by atoms with E-state index in [0.29, 0.717) is 6.54 Å². The van der Waals surface area contributed by atoms with Crippen LogP contribution in [0.1, 0.15) is 29.9 Å². The highest BCUT2D eigenvalue weighted by atomic mass is 32.2. The SMILES string of the molecule is CN=C(SCC(=O)O)N(C)Cc1ccc(C2CC2)c2ccccc12. The molecule has 3 rings (SSSR count). The van der Waals surface area contributed by atoms with Crippen LogP contribution >= 0.6 is 11.8 Å². The maximum absolute atomic E-state index is 10.8. The normalized spacial score (nSPS) is 14.8.